The number of pyridine rings is 1. The number of nitrogens with one attached hydrogen (secondary N) is 2. The molecule has 1 heterocycles. The average Bonchev–Trinajstić information content (AvgIpc) is 3.36. The van der Waals surface area contributed by atoms with Gasteiger partial charge in [-0.15, -0.1) is 0 Å². The van der Waals surface area contributed by atoms with Gasteiger partial charge in [-0.3, -0.25) is 4.98 Å². The summed E-state index contributed by atoms with van der Waals surface area (Å²) in [5, 5.41) is 15.3. The molecule has 0 aliphatic heterocycles. The number of urea groups is 1. The largest absolute Gasteiger partial charge is 0.416 e. The quantitative estimate of drug-likeness (QED) is 0.357. The zero-order valence-corrected chi connectivity index (χ0v) is 20.3. The van der Waals surface area contributed by atoms with E-state index in [4.69, 9.17) is 11.6 Å². The zero-order valence-electron chi connectivity index (χ0n) is 19.6. The van der Waals surface area contributed by atoms with Gasteiger partial charge in [-0.05, 0) is 66.4 Å². The van der Waals surface area contributed by atoms with Crippen LogP contribution in [0.2, 0.25) is 5.02 Å². The van der Waals surface area contributed by atoms with Crippen LogP contribution in [-0.4, -0.2) is 17.1 Å². The van der Waals surface area contributed by atoms with Gasteiger partial charge in [0.25, 0.3) is 0 Å². The van der Waals surface area contributed by atoms with Crippen molar-refractivity contribution in [1.29, 1.82) is 5.26 Å². The highest BCUT2D eigenvalue weighted by atomic mass is 35.5. The smallest absolute Gasteiger partial charge is 0.335 e. The van der Waals surface area contributed by atoms with Crippen molar-refractivity contribution in [1.82, 2.24) is 15.6 Å². The summed E-state index contributed by atoms with van der Waals surface area (Å²) in [4.78, 5) is 17.6. The molecule has 10 heteroatoms. The number of rotatable bonds is 6. The molecule has 1 saturated carbocycles. The number of benzene rings is 2. The van der Waals surface area contributed by atoms with Crippen molar-refractivity contribution in [2.24, 2.45) is 0 Å². The average molecular weight is 531 g/mol. The molecule has 4 rings (SSSR count). The molecule has 1 aromatic heterocycles. The Labute approximate surface area is 216 Å². The minimum absolute atomic E-state index is 0.0870. The van der Waals surface area contributed by atoms with Gasteiger partial charge in [0.1, 0.15) is 11.4 Å². The number of amides is 2. The second-order valence-electron chi connectivity index (χ2n) is 9.06. The minimum atomic E-state index is -4.83. The molecule has 5 nitrogen and oxygen atoms in total. The van der Waals surface area contributed by atoms with E-state index in [0.717, 1.165) is 37.8 Å². The van der Waals surface area contributed by atoms with Crippen LogP contribution in [0.5, 0.6) is 0 Å². The third-order valence-electron chi connectivity index (χ3n) is 6.43. The zero-order chi connectivity index (χ0) is 26.6. The molecule has 2 aromatic carbocycles. The fraction of sp³-hybridized carbons (Fsp3) is 0.296. The Morgan fingerprint density at radius 1 is 1.08 bits per heavy atom. The SMILES string of the molecule is N#Cc1cccc(CC(NC(=O)NC2CCCC2)(c2cc(F)cc(C(F)(F)F)c2)c2ccc(Cl)cn2)c1. The van der Waals surface area contributed by atoms with Gasteiger partial charge in [-0.1, -0.05) is 36.6 Å². The van der Waals surface area contributed by atoms with Gasteiger partial charge >= 0.3 is 12.2 Å². The Balaban J connectivity index is 1.91. The van der Waals surface area contributed by atoms with E-state index in [2.05, 4.69) is 15.6 Å². The third kappa shape index (κ3) is 6.20. The van der Waals surface area contributed by atoms with E-state index in [-0.39, 0.29) is 28.7 Å². The van der Waals surface area contributed by atoms with Gasteiger partial charge in [-0.2, -0.15) is 18.4 Å². The van der Waals surface area contributed by atoms with Crippen LogP contribution in [0.1, 0.15) is 53.6 Å². The summed E-state index contributed by atoms with van der Waals surface area (Å²) >= 11 is 6.03. The second-order valence-corrected chi connectivity index (χ2v) is 9.50. The number of alkyl halides is 3. The van der Waals surface area contributed by atoms with Crippen LogP contribution < -0.4 is 10.6 Å². The van der Waals surface area contributed by atoms with Crippen molar-refractivity contribution < 1.29 is 22.4 Å². The summed E-state index contributed by atoms with van der Waals surface area (Å²) in [6.07, 6.45) is -0.177. The van der Waals surface area contributed by atoms with E-state index in [1.165, 1.54) is 18.3 Å². The summed E-state index contributed by atoms with van der Waals surface area (Å²) in [6.45, 7) is 0. The maximum Gasteiger partial charge on any atom is 0.416 e. The van der Waals surface area contributed by atoms with Gasteiger partial charge < -0.3 is 10.6 Å². The number of nitrogens with zero attached hydrogens (tertiary/aromatic N) is 2. The fourth-order valence-electron chi connectivity index (χ4n) is 4.69. The lowest BCUT2D eigenvalue weighted by atomic mass is 9.79. The molecular weight excluding hydrogens is 508 g/mol. The van der Waals surface area contributed by atoms with E-state index in [1.54, 1.807) is 24.3 Å². The van der Waals surface area contributed by atoms with Gasteiger partial charge in [0.05, 0.1) is 27.9 Å². The highest BCUT2D eigenvalue weighted by Crippen LogP contribution is 2.38. The van der Waals surface area contributed by atoms with Gasteiger partial charge in [0, 0.05) is 18.7 Å². The molecule has 0 radical (unpaired) electrons. The van der Waals surface area contributed by atoms with Crippen LogP contribution >= 0.6 is 11.6 Å². The van der Waals surface area contributed by atoms with E-state index in [9.17, 15) is 27.6 Å². The van der Waals surface area contributed by atoms with Gasteiger partial charge in [0.2, 0.25) is 0 Å². The monoisotopic (exact) mass is 530 g/mol. The lowest BCUT2D eigenvalue weighted by molar-refractivity contribution is -0.137. The Kier molecular flexibility index (Phi) is 7.69. The molecule has 2 N–H and O–H groups in total. The highest BCUT2D eigenvalue weighted by molar-refractivity contribution is 6.30. The second kappa shape index (κ2) is 10.8. The summed E-state index contributed by atoms with van der Waals surface area (Å²) in [7, 11) is 0. The lowest BCUT2D eigenvalue weighted by Crippen LogP contribution is -2.54. The standard InChI is InChI=1S/C27H23ClF4N4O/c28-21-8-9-24(34-16-21)26(14-17-4-3-5-18(10-17)15-33,36-25(37)35-23-6-1-2-7-23)19-11-20(27(30,31)32)13-22(29)12-19/h3-5,8-13,16,23H,1-2,6-7,14H2,(H2,35,36,37). The molecule has 3 aromatic rings. The van der Waals surface area contributed by atoms with Gasteiger partial charge in [-0.25, -0.2) is 9.18 Å². The van der Waals surface area contributed by atoms with Crippen LogP contribution in [0.25, 0.3) is 0 Å². The molecule has 0 bridgehead atoms. The first-order valence-corrected chi connectivity index (χ1v) is 12.0. The minimum Gasteiger partial charge on any atom is -0.335 e. The molecule has 1 aliphatic carbocycles. The van der Waals surface area contributed by atoms with Crippen LogP contribution in [0, 0.1) is 17.1 Å². The van der Waals surface area contributed by atoms with E-state index in [0.29, 0.717) is 17.2 Å². The van der Waals surface area contributed by atoms with Gasteiger partial charge in [0.15, 0.2) is 0 Å². The number of carbonyl (C=O) groups excluding carboxylic acids is 1. The molecular formula is C27H23ClF4N4O. The lowest BCUT2D eigenvalue weighted by Gasteiger charge is -2.36. The normalized spacial score (nSPS) is 15.6. The molecule has 0 spiro atoms. The van der Waals surface area contributed by atoms with Crippen molar-refractivity contribution in [3.05, 3.63) is 99.6 Å². The first kappa shape index (κ1) is 26.4. The molecule has 1 atom stereocenters. The van der Waals surface area contributed by atoms with Crippen molar-refractivity contribution in [2.45, 2.75) is 49.9 Å². The Morgan fingerprint density at radius 2 is 1.81 bits per heavy atom. The molecule has 2 amide bonds. The molecule has 37 heavy (non-hydrogen) atoms. The van der Waals surface area contributed by atoms with Crippen LogP contribution in [0.3, 0.4) is 0 Å². The summed E-state index contributed by atoms with van der Waals surface area (Å²) in [6, 6.07) is 12.9. The predicted octanol–water partition coefficient (Wildman–Crippen LogP) is 6.49. The van der Waals surface area contributed by atoms with Crippen molar-refractivity contribution in [2.75, 3.05) is 0 Å². The first-order chi connectivity index (χ1) is 17.6. The summed E-state index contributed by atoms with van der Waals surface area (Å²) < 4.78 is 55.8. The fourth-order valence-corrected chi connectivity index (χ4v) is 4.80. The summed E-state index contributed by atoms with van der Waals surface area (Å²) in [5.41, 5.74) is -2.10. The molecule has 1 aliphatic rings. The number of carbonyl (C=O) groups is 1. The Morgan fingerprint density at radius 3 is 2.46 bits per heavy atom. The van der Waals surface area contributed by atoms with Crippen LogP contribution in [-0.2, 0) is 18.1 Å². The maximum absolute atomic E-state index is 14.7. The van der Waals surface area contributed by atoms with E-state index >= 15 is 0 Å². The predicted molar refractivity (Wildman–Crippen MR) is 130 cm³/mol. The molecule has 192 valence electrons. The number of halogens is 5. The number of hydrogen-bond donors (Lipinski definition) is 2. The first-order valence-electron chi connectivity index (χ1n) is 11.7. The molecule has 0 saturated heterocycles. The van der Waals surface area contributed by atoms with Crippen LogP contribution in [0.4, 0.5) is 22.4 Å². The Bertz CT molecular complexity index is 1320. The summed E-state index contributed by atoms with van der Waals surface area (Å²) in [5.74, 6) is -1.12. The number of nitriles is 1. The Hall–Kier alpha value is -3.64. The topological polar surface area (TPSA) is 77.8 Å². The van der Waals surface area contributed by atoms with Crippen molar-refractivity contribution in [3.8, 4) is 6.07 Å². The maximum atomic E-state index is 14.7. The van der Waals surface area contributed by atoms with Crippen molar-refractivity contribution in [3.63, 3.8) is 0 Å². The van der Waals surface area contributed by atoms with E-state index in [1.807, 2.05) is 6.07 Å². The number of aromatic nitrogens is 1. The van der Waals surface area contributed by atoms with E-state index < -0.39 is 29.1 Å². The van der Waals surface area contributed by atoms with Crippen LogP contribution in [0.15, 0.2) is 60.8 Å². The molecule has 1 fully saturated rings. The molecule has 1 unspecified atom stereocenters. The number of hydrogen-bond acceptors (Lipinski definition) is 3. The highest BCUT2D eigenvalue weighted by Gasteiger charge is 2.41. The van der Waals surface area contributed by atoms with Crippen molar-refractivity contribution >= 4 is 17.6 Å². The third-order valence-corrected chi connectivity index (χ3v) is 6.65.